The van der Waals surface area contributed by atoms with Gasteiger partial charge in [0.25, 0.3) is 5.91 Å². The number of hydrogen-bond acceptors (Lipinski definition) is 9. The van der Waals surface area contributed by atoms with Crippen molar-refractivity contribution in [3.63, 3.8) is 0 Å². The van der Waals surface area contributed by atoms with Gasteiger partial charge in [0.05, 0.1) is 6.04 Å². The van der Waals surface area contributed by atoms with Crippen LogP contribution in [-0.4, -0.2) is 53.2 Å². The van der Waals surface area contributed by atoms with E-state index in [1.165, 1.54) is 36.1 Å². The van der Waals surface area contributed by atoms with Crippen LogP contribution in [0, 0.1) is 5.82 Å². The van der Waals surface area contributed by atoms with Crippen LogP contribution >= 0.6 is 11.3 Å². The molecule has 2 amide bonds. The average molecular weight is 496 g/mol. The number of anilines is 3. The molecule has 3 rings (SSSR count). The van der Waals surface area contributed by atoms with Gasteiger partial charge in [-0.15, -0.1) is 0 Å². The Balaban J connectivity index is 1.90. The monoisotopic (exact) mass is 496 g/mol. The molecule has 5 N–H and O–H groups in total. The van der Waals surface area contributed by atoms with Gasteiger partial charge in [-0.1, -0.05) is 16.5 Å². The normalized spacial score (nSPS) is 11.9. The fourth-order valence-electron chi connectivity index (χ4n) is 2.79. The van der Waals surface area contributed by atoms with Crippen molar-refractivity contribution >= 4 is 45.6 Å². The molecule has 0 aliphatic carbocycles. The number of nitrogens with two attached hydrogens (primary N) is 2. The third kappa shape index (κ3) is 5.17. The number of carbonyl (C=O) groups excluding carboxylic acids is 3. The fourth-order valence-corrected chi connectivity index (χ4v) is 3.83. The minimum absolute atomic E-state index is 0.0905. The lowest BCUT2D eigenvalue weighted by molar-refractivity contribution is -0.118. The van der Waals surface area contributed by atoms with Gasteiger partial charge in [0.1, 0.15) is 35.9 Å². The molecular weight excluding hydrogens is 477 g/mol. The van der Waals surface area contributed by atoms with Crippen LogP contribution in [0.15, 0.2) is 34.9 Å². The number of nitrogen functional groups attached to an aromatic ring is 1. The van der Waals surface area contributed by atoms with Gasteiger partial charge in [-0.2, -0.15) is 0 Å². The molecule has 0 saturated carbocycles. The molecule has 180 valence electrons. The Morgan fingerprint density at radius 2 is 1.85 bits per heavy atom. The highest BCUT2D eigenvalue weighted by Gasteiger charge is 2.29. The molecule has 0 bridgehead atoms. The summed E-state index contributed by atoms with van der Waals surface area (Å²) in [6.07, 6.45) is 0. The molecule has 1 atom stereocenters. The van der Waals surface area contributed by atoms with E-state index in [0.717, 1.165) is 17.4 Å². The van der Waals surface area contributed by atoms with Crippen molar-refractivity contribution in [1.29, 1.82) is 0 Å². The number of halogens is 3. The Morgan fingerprint density at radius 3 is 2.44 bits per heavy atom. The van der Waals surface area contributed by atoms with Crippen LogP contribution in [0.2, 0.25) is 0 Å². The number of carbonyl (C=O) groups is 3. The van der Waals surface area contributed by atoms with Crippen molar-refractivity contribution in [1.82, 2.24) is 15.5 Å². The van der Waals surface area contributed by atoms with Crippen LogP contribution in [0.3, 0.4) is 0 Å². The molecule has 0 fully saturated rings. The second-order valence-corrected chi connectivity index (χ2v) is 8.00. The van der Waals surface area contributed by atoms with Gasteiger partial charge in [0.2, 0.25) is 17.5 Å². The molecule has 34 heavy (non-hydrogen) atoms. The predicted molar refractivity (Wildman–Crippen MR) is 117 cm³/mol. The summed E-state index contributed by atoms with van der Waals surface area (Å²) in [6.45, 7) is -0.755. The Labute approximate surface area is 194 Å². The maximum Gasteiger partial charge on any atom is 0.273 e. The van der Waals surface area contributed by atoms with Crippen LogP contribution in [0.5, 0.6) is 0 Å². The van der Waals surface area contributed by atoms with Crippen LogP contribution < -0.4 is 21.7 Å². The van der Waals surface area contributed by atoms with E-state index < -0.39 is 48.8 Å². The zero-order valence-electron chi connectivity index (χ0n) is 17.6. The maximum absolute atomic E-state index is 13.4. The van der Waals surface area contributed by atoms with Crippen LogP contribution in [0.25, 0.3) is 0 Å². The van der Waals surface area contributed by atoms with E-state index in [0.29, 0.717) is 5.69 Å². The number of primary amides is 1. The topological polar surface area (TPSA) is 157 Å². The molecule has 10 nitrogen and oxygen atoms in total. The summed E-state index contributed by atoms with van der Waals surface area (Å²) in [6, 6.07) is 3.86. The quantitative estimate of drug-likeness (QED) is 0.360. The summed E-state index contributed by atoms with van der Waals surface area (Å²) < 4.78 is 43.5. The van der Waals surface area contributed by atoms with Crippen molar-refractivity contribution in [3.05, 3.63) is 52.5 Å². The lowest BCUT2D eigenvalue weighted by Gasteiger charge is -2.26. The molecule has 0 aliphatic heterocycles. The summed E-state index contributed by atoms with van der Waals surface area (Å²) in [5, 5.41) is 5.63. The van der Waals surface area contributed by atoms with E-state index in [9.17, 15) is 27.6 Å². The number of amides is 2. The Morgan fingerprint density at radius 1 is 1.21 bits per heavy atom. The van der Waals surface area contributed by atoms with E-state index in [1.54, 1.807) is 0 Å². The van der Waals surface area contributed by atoms with Crippen molar-refractivity contribution < 1.29 is 32.1 Å². The zero-order chi connectivity index (χ0) is 25.0. The van der Waals surface area contributed by atoms with Crippen LogP contribution in [0.4, 0.5) is 29.8 Å². The SMILES string of the molecule is CC(C(N)=O)N(c1ccc(F)cc1)c1nc(N)c(C(=O)c2cc(C(=O)NC(CF)CF)no2)s1. The summed E-state index contributed by atoms with van der Waals surface area (Å²) in [5.74, 6) is -3.49. The second kappa shape index (κ2) is 10.3. The molecule has 14 heteroatoms. The lowest BCUT2D eigenvalue weighted by Crippen LogP contribution is -2.39. The van der Waals surface area contributed by atoms with Crippen LogP contribution in [0.1, 0.15) is 32.8 Å². The summed E-state index contributed by atoms with van der Waals surface area (Å²) in [4.78, 5) is 42.2. The standard InChI is InChI=1S/C20H19F3N6O4S/c1-9(18(25)31)29(12-4-2-10(23)3-5-12)20-27-17(24)16(34-20)15(30)14-6-13(28-33-14)19(32)26-11(7-21)8-22/h2-6,9,11H,7-8,24H2,1H3,(H2,25,31)(H,26,32). The number of alkyl halides is 2. The Hall–Kier alpha value is -3.94. The first-order valence-corrected chi connectivity index (χ1v) is 10.5. The molecule has 0 saturated heterocycles. The number of thiazole rings is 1. The minimum atomic E-state index is -1.35. The highest BCUT2D eigenvalue weighted by atomic mass is 32.1. The second-order valence-electron chi connectivity index (χ2n) is 7.02. The van der Waals surface area contributed by atoms with Gasteiger partial charge in [-0.3, -0.25) is 14.4 Å². The van der Waals surface area contributed by atoms with E-state index >= 15 is 0 Å². The smallest absolute Gasteiger partial charge is 0.273 e. The molecular formula is C20H19F3N6O4S. The number of aromatic nitrogens is 2. The summed E-state index contributed by atoms with van der Waals surface area (Å²) in [5.41, 5.74) is 11.4. The third-order valence-corrected chi connectivity index (χ3v) is 5.70. The third-order valence-electron chi connectivity index (χ3n) is 4.63. The molecule has 2 heterocycles. The van der Waals surface area contributed by atoms with E-state index in [-0.39, 0.29) is 27.3 Å². The highest BCUT2D eigenvalue weighted by molar-refractivity contribution is 7.18. The zero-order valence-corrected chi connectivity index (χ0v) is 18.4. The van der Waals surface area contributed by atoms with Gasteiger partial charge < -0.3 is 26.2 Å². The fraction of sp³-hybridized carbons (Fsp3) is 0.250. The first kappa shape index (κ1) is 24.7. The number of ketones is 1. The number of benzene rings is 1. The molecule has 0 radical (unpaired) electrons. The molecule has 0 spiro atoms. The first-order valence-electron chi connectivity index (χ1n) is 9.70. The van der Waals surface area contributed by atoms with Gasteiger partial charge in [-0.05, 0) is 31.2 Å². The van der Waals surface area contributed by atoms with Gasteiger partial charge >= 0.3 is 0 Å². The average Bonchev–Trinajstić information content (AvgIpc) is 3.45. The minimum Gasteiger partial charge on any atom is -0.382 e. The van der Waals surface area contributed by atoms with E-state index in [2.05, 4.69) is 15.5 Å². The molecule has 1 aromatic carbocycles. The van der Waals surface area contributed by atoms with Crippen molar-refractivity contribution in [3.8, 4) is 0 Å². The number of nitrogens with one attached hydrogen (secondary N) is 1. The molecule has 1 unspecified atom stereocenters. The molecule has 3 aromatic rings. The molecule has 0 aliphatic rings. The van der Waals surface area contributed by atoms with Crippen molar-refractivity contribution in [2.45, 2.75) is 19.0 Å². The van der Waals surface area contributed by atoms with Gasteiger partial charge in [0.15, 0.2) is 10.8 Å². The number of hydrogen-bond donors (Lipinski definition) is 3. The van der Waals surface area contributed by atoms with Crippen molar-refractivity contribution in [2.75, 3.05) is 24.0 Å². The summed E-state index contributed by atoms with van der Waals surface area (Å²) >= 11 is 0.802. The Kier molecular flexibility index (Phi) is 7.50. The Bertz CT molecular complexity index is 1200. The number of rotatable bonds is 10. The predicted octanol–water partition coefficient (Wildman–Crippen LogP) is 2.13. The maximum atomic E-state index is 13.4. The first-order chi connectivity index (χ1) is 16.2. The van der Waals surface area contributed by atoms with Crippen molar-refractivity contribution in [2.24, 2.45) is 5.73 Å². The van der Waals surface area contributed by atoms with Gasteiger partial charge in [-0.25, -0.2) is 18.2 Å². The molecule has 2 aromatic heterocycles. The highest BCUT2D eigenvalue weighted by Crippen LogP contribution is 2.36. The summed E-state index contributed by atoms with van der Waals surface area (Å²) in [7, 11) is 0. The lowest BCUT2D eigenvalue weighted by atomic mass is 10.2. The number of nitrogens with zero attached hydrogens (tertiary/aromatic N) is 3. The van der Waals surface area contributed by atoms with Crippen LogP contribution in [-0.2, 0) is 4.79 Å². The largest absolute Gasteiger partial charge is 0.382 e. The van der Waals surface area contributed by atoms with E-state index in [4.69, 9.17) is 16.0 Å². The van der Waals surface area contributed by atoms with E-state index in [1.807, 2.05) is 0 Å². The van der Waals surface area contributed by atoms with Gasteiger partial charge in [0, 0.05) is 11.8 Å².